The first-order chi connectivity index (χ1) is 8.92. The fraction of sp³-hybridized carbons (Fsp3) is 0.857. The number of esters is 1. The first kappa shape index (κ1) is 16.0. The lowest BCUT2D eigenvalue weighted by molar-refractivity contribution is -0.152. The van der Waals surface area contributed by atoms with E-state index in [4.69, 9.17) is 9.47 Å². The van der Waals surface area contributed by atoms with Gasteiger partial charge in [0.25, 0.3) is 0 Å². The second-order valence-electron chi connectivity index (χ2n) is 5.48. The normalized spacial score (nSPS) is 19.4. The Hall–Kier alpha value is -1.10. The van der Waals surface area contributed by atoms with Crippen LogP contribution in [0.2, 0.25) is 0 Å². The van der Waals surface area contributed by atoms with Crippen molar-refractivity contribution in [2.24, 2.45) is 5.92 Å². The number of methoxy groups -OCH3 is 1. The van der Waals surface area contributed by atoms with E-state index in [-0.39, 0.29) is 5.91 Å². The van der Waals surface area contributed by atoms with Gasteiger partial charge in [0.05, 0.1) is 13.7 Å². The predicted molar refractivity (Wildman–Crippen MR) is 71.6 cm³/mol. The molecule has 1 N–H and O–H groups in total. The summed E-state index contributed by atoms with van der Waals surface area (Å²) in [4.78, 5) is 23.8. The van der Waals surface area contributed by atoms with Crippen LogP contribution in [-0.4, -0.2) is 37.2 Å². The molecular weight excluding hydrogens is 246 g/mol. The summed E-state index contributed by atoms with van der Waals surface area (Å²) in [5.74, 6) is -0.0722. The summed E-state index contributed by atoms with van der Waals surface area (Å²) in [6, 6.07) is 0. The molecule has 0 aliphatic heterocycles. The Labute approximate surface area is 115 Å². The SMILES string of the molecule is CCCC(C)(NC(=O)C(C)OCC1CC1)C(=O)OC. The van der Waals surface area contributed by atoms with Crippen LogP contribution in [-0.2, 0) is 19.1 Å². The Morgan fingerprint density at radius 1 is 1.42 bits per heavy atom. The summed E-state index contributed by atoms with van der Waals surface area (Å²) in [5.41, 5.74) is -0.974. The molecule has 1 rings (SSSR count). The second kappa shape index (κ2) is 6.89. The third-order valence-corrected chi connectivity index (χ3v) is 3.43. The van der Waals surface area contributed by atoms with Crippen molar-refractivity contribution < 1.29 is 19.1 Å². The molecule has 2 unspecified atom stereocenters. The van der Waals surface area contributed by atoms with E-state index in [9.17, 15) is 9.59 Å². The number of nitrogens with one attached hydrogen (secondary N) is 1. The summed E-state index contributed by atoms with van der Waals surface area (Å²) < 4.78 is 10.3. The predicted octanol–water partition coefficient (Wildman–Crippen LogP) is 1.65. The number of rotatable bonds is 8. The van der Waals surface area contributed by atoms with Gasteiger partial charge in [-0.15, -0.1) is 0 Å². The molecule has 0 aromatic carbocycles. The number of carbonyl (C=O) groups excluding carboxylic acids is 2. The van der Waals surface area contributed by atoms with Gasteiger partial charge in [-0.3, -0.25) is 4.79 Å². The van der Waals surface area contributed by atoms with Crippen LogP contribution in [0, 0.1) is 5.92 Å². The lowest BCUT2D eigenvalue weighted by Gasteiger charge is -2.28. The molecule has 0 radical (unpaired) electrons. The minimum Gasteiger partial charge on any atom is -0.467 e. The third-order valence-electron chi connectivity index (χ3n) is 3.43. The molecule has 1 aliphatic rings. The van der Waals surface area contributed by atoms with Gasteiger partial charge in [-0.05, 0) is 39.0 Å². The van der Waals surface area contributed by atoms with E-state index in [2.05, 4.69) is 5.32 Å². The zero-order valence-corrected chi connectivity index (χ0v) is 12.3. The quantitative estimate of drug-likeness (QED) is 0.682. The van der Waals surface area contributed by atoms with Crippen LogP contribution in [0.5, 0.6) is 0 Å². The first-order valence-electron chi connectivity index (χ1n) is 6.95. The fourth-order valence-corrected chi connectivity index (χ4v) is 1.96. The molecule has 1 fully saturated rings. The van der Waals surface area contributed by atoms with Crippen LogP contribution in [0.3, 0.4) is 0 Å². The molecule has 110 valence electrons. The minimum atomic E-state index is -0.974. The van der Waals surface area contributed by atoms with Crippen LogP contribution >= 0.6 is 0 Å². The van der Waals surface area contributed by atoms with Crippen LogP contribution in [0.25, 0.3) is 0 Å². The summed E-state index contributed by atoms with van der Waals surface area (Å²) in [5, 5.41) is 2.75. The average Bonchev–Trinajstić information content (AvgIpc) is 3.18. The highest BCUT2D eigenvalue weighted by Crippen LogP contribution is 2.29. The van der Waals surface area contributed by atoms with E-state index in [0.29, 0.717) is 18.9 Å². The second-order valence-corrected chi connectivity index (χ2v) is 5.48. The van der Waals surface area contributed by atoms with Gasteiger partial charge in [0.15, 0.2) is 0 Å². The highest BCUT2D eigenvalue weighted by molar-refractivity contribution is 5.89. The maximum Gasteiger partial charge on any atom is 0.331 e. The standard InChI is InChI=1S/C14H25NO4/c1-5-8-14(3,13(17)18-4)15-12(16)10(2)19-9-11-6-7-11/h10-11H,5-9H2,1-4H3,(H,15,16). The monoisotopic (exact) mass is 271 g/mol. The molecule has 0 aromatic heterocycles. The summed E-state index contributed by atoms with van der Waals surface area (Å²) in [7, 11) is 1.33. The molecule has 0 spiro atoms. The smallest absolute Gasteiger partial charge is 0.331 e. The van der Waals surface area contributed by atoms with Gasteiger partial charge >= 0.3 is 5.97 Å². The van der Waals surface area contributed by atoms with Crippen LogP contribution < -0.4 is 5.32 Å². The Morgan fingerprint density at radius 3 is 2.53 bits per heavy atom. The number of carbonyl (C=O) groups is 2. The van der Waals surface area contributed by atoms with Crippen molar-refractivity contribution in [3.63, 3.8) is 0 Å². The zero-order valence-electron chi connectivity index (χ0n) is 12.3. The van der Waals surface area contributed by atoms with Gasteiger partial charge in [0.2, 0.25) is 5.91 Å². The Morgan fingerprint density at radius 2 is 2.05 bits per heavy atom. The van der Waals surface area contributed by atoms with Crippen molar-refractivity contribution in [3.05, 3.63) is 0 Å². The van der Waals surface area contributed by atoms with E-state index in [0.717, 1.165) is 6.42 Å². The van der Waals surface area contributed by atoms with Gasteiger partial charge in [0.1, 0.15) is 11.6 Å². The Kier molecular flexibility index (Phi) is 5.79. The Balaban J connectivity index is 2.51. The van der Waals surface area contributed by atoms with Gasteiger partial charge in [-0.2, -0.15) is 0 Å². The van der Waals surface area contributed by atoms with E-state index >= 15 is 0 Å². The van der Waals surface area contributed by atoms with Crippen LogP contribution in [0.15, 0.2) is 0 Å². The number of ether oxygens (including phenoxy) is 2. The molecule has 5 nitrogen and oxygen atoms in total. The van der Waals surface area contributed by atoms with E-state index < -0.39 is 17.6 Å². The minimum absolute atomic E-state index is 0.262. The third kappa shape index (κ3) is 4.82. The topological polar surface area (TPSA) is 64.6 Å². The highest BCUT2D eigenvalue weighted by Gasteiger charge is 2.36. The van der Waals surface area contributed by atoms with Crippen LogP contribution in [0.4, 0.5) is 0 Å². The van der Waals surface area contributed by atoms with Crippen molar-refractivity contribution in [1.82, 2.24) is 5.32 Å². The lowest BCUT2D eigenvalue weighted by Crippen LogP contribution is -2.55. The summed E-state index contributed by atoms with van der Waals surface area (Å²) in [6.45, 7) is 5.98. The van der Waals surface area contributed by atoms with Gasteiger partial charge < -0.3 is 14.8 Å². The summed E-state index contributed by atoms with van der Waals surface area (Å²) in [6.07, 6.45) is 3.15. The molecule has 1 amide bonds. The largest absolute Gasteiger partial charge is 0.467 e. The van der Waals surface area contributed by atoms with Gasteiger partial charge in [-0.25, -0.2) is 4.79 Å². The molecule has 19 heavy (non-hydrogen) atoms. The molecule has 1 aliphatic carbocycles. The maximum absolute atomic E-state index is 12.0. The van der Waals surface area contributed by atoms with E-state index in [1.165, 1.54) is 20.0 Å². The van der Waals surface area contributed by atoms with Crippen molar-refractivity contribution in [2.75, 3.05) is 13.7 Å². The van der Waals surface area contributed by atoms with Gasteiger partial charge in [0, 0.05) is 0 Å². The molecule has 5 heteroatoms. The zero-order chi connectivity index (χ0) is 14.5. The number of amides is 1. The fourth-order valence-electron chi connectivity index (χ4n) is 1.96. The molecule has 0 aromatic rings. The molecular formula is C14H25NO4. The maximum atomic E-state index is 12.0. The van der Waals surface area contributed by atoms with Crippen molar-refractivity contribution in [3.8, 4) is 0 Å². The van der Waals surface area contributed by atoms with Crippen molar-refractivity contribution in [2.45, 2.75) is 58.1 Å². The molecule has 0 saturated heterocycles. The lowest BCUT2D eigenvalue weighted by atomic mass is 9.96. The van der Waals surface area contributed by atoms with Gasteiger partial charge in [-0.1, -0.05) is 13.3 Å². The van der Waals surface area contributed by atoms with Crippen LogP contribution in [0.1, 0.15) is 46.5 Å². The highest BCUT2D eigenvalue weighted by atomic mass is 16.5. The van der Waals surface area contributed by atoms with E-state index in [1.54, 1.807) is 13.8 Å². The van der Waals surface area contributed by atoms with Crippen molar-refractivity contribution in [1.29, 1.82) is 0 Å². The molecule has 2 atom stereocenters. The average molecular weight is 271 g/mol. The number of hydrogen-bond donors (Lipinski definition) is 1. The van der Waals surface area contributed by atoms with E-state index in [1.807, 2.05) is 6.92 Å². The van der Waals surface area contributed by atoms with Crippen molar-refractivity contribution >= 4 is 11.9 Å². The first-order valence-corrected chi connectivity index (χ1v) is 6.95. The Bertz CT molecular complexity index is 327. The molecule has 0 bridgehead atoms. The number of hydrogen-bond acceptors (Lipinski definition) is 4. The summed E-state index contributed by atoms with van der Waals surface area (Å²) >= 11 is 0. The molecule has 1 saturated carbocycles. The molecule has 0 heterocycles.